The summed E-state index contributed by atoms with van der Waals surface area (Å²) in [5.41, 5.74) is -1.95. The molecule has 3 rings (SSSR count). The normalized spacial score (nSPS) is 25.7. The van der Waals surface area contributed by atoms with Gasteiger partial charge in [0.05, 0.1) is 6.10 Å². The number of rotatable bonds is 10. The molecule has 0 aliphatic carbocycles. The van der Waals surface area contributed by atoms with Crippen LogP contribution in [-0.4, -0.2) is 62.3 Å². The average molecular weight is 570 g/mol. The van der Waals surface area contributed by atoms with E-state index < -0.39 is 56.5 Å². The molecule has 0 amide bonds. The van der Waals surface area contributed by atoms with Crippen LogP contribution in [0.2, 0.25) is 0 Å². The lowest BCUT2D eigenvalue weighted by Crippen LogP contribution is -2.46. The van der Waals surface area contributed by atoms with Crippen molar-refractivity contribution in [3.63, 3.8) is 0 Å². The summed E-state index contributed by atoms with van der Waals surface area (Å²) in [6, 6.07) is 8.52. The number of nitrogens with one attached hydrogen (secondary N) is 2. The molecule has 37 heavy (non-hydrogen) atoms. The van der Waals surface area contributed by atoms with Crippen molar-refractivity contribution in [2.24, 2.45) is 0 Å². The predicted octanol–water partition coefficient (Wildman–Crippen LogP) is 3.03. The number of H-pyrrole nitrogens is 1. The van der Waals surface area contributed by atoms with Gasteiger partial charge in [-0.15, -0.1) is 6.42 Å². The van der Waals surface area contributed by atoms with Gasteiger partial charge in [-0.3, -0.25) is 13.9 Å². The third kappa shape index (κ3) is 6.93. The highest BCUT2D eigenvalue weighted by Crippen LogP contribution is 2.47. The highest BCUT2D eigenvalue weighted by atomic mass is 32.1. The van der Waals surface area contributed by atoms with Crippen molar-refractivity contribution in [3.8, 4) is 18.1 Å². The fraction of sp³-hybridized carbons (Fsp3) is 0.435. The molecule has 2 heterocycles. The fourth-order valence-electron chi connectivity index (χ4n) is 3.43. The maximum atomic E-state index is 13.8. The average Bonchev–Trinajstić information content (AvgIpc) is 3.08. The minimum Gasteiger partial charge on any atom is -0.462 e. The third-order valence-corrected chi connectivity index (χ3v) is 7.44. The Hall–Kier alpha value is -2.40. The van der Waals surface area contributed by atoms with E-state index in [2.05, 4.69) is 16.0 Å². The smallest absolute Gasteiger partial charge is 0.459 e. The van der Waals surface area contributed by atoms with E-state index in [-0.39, 0.29) is 10.5 Å². The van der Waals surface area contributed by atoms with Crippen molar-refractivity contribution < 1.29 is 38.1 Å². The van der Waals surface area contributed by atoms with Gasteiger partial charge in [-0.25, -0.2) is 4.57 Å². The number of para-hydroxylation sites is 1. The molecule has 1 aromatic carbocycles. The van der Waals surface area contributed by atoms with Crippen LogP contribution < -0.4 is 9.61 Å². The van der Waals surface area contributed by atoms with E-state index in [4.69, 9.17) is 49.4 Å². The Bertz CT molecular complexity index is 1310. The lowest BCUT2D eigenvalue weighted by atomic mass is 9.97. The molecular weight excluding hydrogens is 541 g/mol. The zero-order chi connectivity index (χ0) is 27.4. The van der Waals surface area contributed by atoms with Crippen LogP contribution in [0.25, 0.3) is 0 Å². The van der Waals surface area contributed by atoms with E-state index >= 15 is 0 Å². The molecule has 1 saturated heterocycles. The third-order valence-electron chi connectivity index (χ3n) is 5.27. The number of benzene rings is 1. The molecule has 200 valence electrons. The van der Waals surface area contributed by atoms with Crippen LogP contribution in [0.4, 0.5) is 0 Å². The Morgan fingerprint density at radius 1 is 1.30 bits per heavy atom. The zero-order valence-corrected chi connectivity index (χ0v) is 22.8. The van der Waals surface area contributed by atoms with Crippen molar-refractivity contribution in [3.05, 3.63) is 52.0 Å². The number of aromatic amines is 1. The number of aromatic nitrogens is 2. The van der Waals surface area contributed by atoms with Crippen molar-refractivity contribution in [2.45, 2.75) is 57.0 Å². The van der Waals surface area contributed by atoms with Crippen molar-refractivity contribution in [1.82, 2.24) is 14.6 Å². The standard InChI is InChI=1S/C23H28N3O8PS2/c1-5-23(19(28)18(27)20(33-23)26-12-11-17(36)24-22(26)37)13-31-35(30,34-16-9-7-6-8-10-16)25-15(4)21(29)32-14(2)3/h1,6-12,14-15,18-20,27-28H,13H2,2-4H3,(H,25,30)(H,24,36,37)/t15-,18-,19?,20+,23+,35?/m0/s1. The molecule has 14 heteroatoms. The second-order valence-corrected chi connectivity index (χ2v) is 11.0. The van der Waals surface area contributed by atoms with E-state index in [1.165, 1.54) is 35.9 Å². The molecule has 0 spiro atoms. The van der Waals surface area contributed by atoms with Gasteiger partial charge in [0, 0.05) is 6.20 Å². The molecule has 0 saturated carbocycles. The maximum absolute atomic E-state index is 13.8. The number of nitrogens with zero attached hydrogens (tertiary/aromatic N) is 1. The molecule has 1 aliphatic heterocycles. The molecule has 6 atom stereocenters. The Morgan fingerprint density at radius 3 is 2.57 bits per heavy atom. The Labute approximate surface area is 224 Å². The fourth-order valence-corrected chi connectivity index (χ4v) is 5.45. The number of aliphatic hydroxyl groups is 2. The topological polar surface area (TPSA) is 144 Å². The molecule has 0 bridgehead atoms. The molecule has 0 radical (unpaired) electrons. The Kier molecular flexibility index (Phi) is 9.44. The monoisotopic (exact) mass is 569 g/mol. The number of terminal acetylenes is 1. The first-order chi connectivity index (χ1) is 17.4. The van der Waals surface area contributed by atoms with Crippen LogP contribution in [0.3, 0.4) is 0 Å². The summed E-state index contributed by atoms with van der Waals surface area (Å²) >= 11 is 10.3. The second-order valence-electron chi connectivity index (χ2n) is 8.51. The number of carbonyl (C=O) groups excluding carboxylic acids is 1. The predicted molar refractivity (Wildman–Crippen MR) is 139 cm³/mol. The summed E-state index contributed by atoms with van der Waals surface area (Å²) in [6.07, 6.45) is 2.36. The largest absolute Gasteiger partial charge is 0.462 e. The highest BCUT2D eigenvalue weighted by Gasteiger charge is 2.55. The van der Waals surface area contributed by atoms with E-state index in [1.54, 1.807) is 32.0 Å². The molecule has 2 aromatic rings. The van der Waals surface area contributed by atoms with E-state index in [9.17, 15) is 19.6 Å². The van der Waals surface area contributed by atoms with Crippen LogP contribution in [0.15, 0.2) is 42.6 Å². The molecule has 1 aromatic heterocycles. The number of carbonyl (C=O) groups is 1. The summed E-state index contributed by atoms with van der Waals surface area (Å²) < 4.78 is 37.8. The number of aliphatic hydroxyl groups excluding tert-OH is 2. The van der Waals surface area contributed by atoms with Gasteiger partial charge in [0.25, 0.3) is 0 Å². The number of ether oxygens (including phenoxy) is 2. The summed E-state index contributed by atoms with van der Waals surface area (Å²) in [5.74, 6) is 1.78. The van der Waals surface area contributed by atoms with Gasteiger partial charge in [0.1, 0.15) is 35.2 Å². The van der Waals surface area contributed by atoms with Crippen LogP contribution in [0.5, 0.6) is 5.75 Å². The van der Waals surface area contributed by atoms with Crippen LogP contribution in [0.1, 0.15) is 27.0 Å². The van der Waals surface area contributed by atoms with Crippen molar-refractivity contribution in [2.75, 3.05) is 6.61 Å². The molecular formula is C23H28N3O8PS2. The second kappa shape index (κ2) is 12.0. The first kappa shape index (κ1) is 29.2. The van der Waals surface area contributed by atoms with Gasteiger partial charge in [0.15, 0.2) is 16.6 Å². The Balaban J connectivity index is 1.87. The quantitative estimate of drug-likeness (QED) is 0.145. The van der Waals surface area contributed by atoms with Gasteiger partial charge in [-0.2, -0.15) is 5.09 Å². The summed E-state index contributed by atoms with van der Waals surface area (Å²) in [7, 11) is -4.32. The molecule has 4 N–H and O–H groups in total. The van der Waals surface area contributed by atoms with Gasteiger partial charge >= 0.3 is 13.7 Å². The van der Waals surface area contributed by atoms with Gasteiger partial charge in [0.2, 0.25) is 0 Å². The van der Waals surface area contributed by atoms with Crippen molar-refractivity contribution >= 4 is 38.2 Å². The highest BCUT2D eigenvalue weighted by molar-refractivity contribution is 7.72. The van der Waals surface area contributed by atoms with Gasteiger partial charge < -0.3 is 29.2 Å². The number of hydrogen-bond acceptors (Lipinski definition) is 10. The van der Waals surface area contributed by atoms with Crippen LogP contribution in [-0.2, 0) is 23.4 Å². The molecule has 1 fully saturated rings. The summed E-state index contributed by atoms with van der Waals surface area (Å²) in [6.45, 7) is 4.08. The lowest BCUT2D eigenvalue weighted by Gasteiger charge is -2.29. The molecule has 2 unspecified atom stereocenters. The Morgan fingerprint density at radius 2 is 1.97 bits per heavy atom. The maximum Gasteiger partial charge on any atom is 0.459 e. The number of hydrogen-bond donors (Lipinski definition) is 4. The van der Waals surface area contributed by atoms with Gasteiger partial charge in [-0.1, -0.05) is 36.3 Å². The first-order valence-corrected chi connectivity index (χ1v) is 13.6. The zero-order valence-electron chi connectivity index (χ0n) is 20.3. The summed E-state index contributed by atoms with van der Waals surface area (Å²) in [4.78, 5) is 15.1. The lowest BCUT2D eigenvalue weighted by molar-refractivity contribution is -0.149. The SMILES string of the molecule is C#C[C@]1(COP(=O)(N[C@@H](C)C(=O)OC(C)C)Oc2ccccc2)O[C@@H](n2ccc(=S)[nH]c2=S)[C@@H](O)C1O. The molecule has 11 nitrogen and oxygen atoms in total. The van der Waals surface area contributed by atoms with E-state index in [0.717, 1.165) is 0 Å². The van der Waals surface area contributed by atoms with Gasteiger partial charge in [-0.05, 0) is 51.2 Å². The minimum atomic E-state index is -4.32. The van der Waals surface area contributed by atoms with E-state index in [0.29, 0.717) is 4.64 Å². The first-order valence-electron chi connectivity index (χ1n) is 11.2. The molecule has 1 aliphatic rings. The van der Waals surface area contributed by atoms with Crippen LogP contribution >= 0.6 is 32.2 Å². The van der Waals surface area contributed by atoms with Crippen molar-refractivity contribution in [1.29, 1.82) is 0 Å². The van der Waals surface area contributed by atoms with E-state index in [1.807, 2.05) is 0 Å². The summed E-state index contributed by atoms with van der Waals surface area (Å²) in [5, 5.41) is 24.1. The van der Waals surface area contributed by atoms with Crippen LogP contribution in [0, 0.1) is 21.8 Å². The number of esters is 1. The minimum absolute atomic E-state index is 0.120.